The zero-order chi connectivity index (χ0) is 10.1. The van der Waals surface area contributed by atoms with Gasteiger partial charge in [-0.2, -0.15) is 0 Å². The molecule has 0 bridgehead atoms. The molecule has 0 saturated carbocycles. The van der Waals surface area contributed by atoms with Crippen molar-refractivity contribution in [2.24, 2.45) is 0 Å². The highest BCUT2D eigenvalue weighted by Crippen LogP contribution is 2.20. The lowest BCUT2D eigenvalue weighted by molar-refractivity contribution is 0.464. The number of nitrogens with zero attached hydrogens (tertiary/aromatic N) is 2. The van der Waals surface area contributed by atoms with E-state index in [9.17, 15) is 8.76 Å². The number of rotatable bonds is 2. The van der Waals surface area contributed by atoms with Crippen LogP contribution in [0.5, 0.6) is 0 Å². The fourth-order valence-corrected chi connectivity index (χ4v) is 1.16. The maximum Gasteiger partial charge on any atom is 0.163 e. The molecule has 1 aromatic heterocycles. The van der Waals surface area contributed by atoms with Crippen LogP contribution in [0.4, 0.5) is 5.69 Å². The molecule has 0 amide bonds. The summed E-state index contributed by atoms with van der Waals surface area (Å²) < 4.78 is 21.4. The van der Waals surface area contributed by atoms with E-state index in [1.54, 1.807) is 26.2 Å². The van der Waals surface area contributed by atoms with Gasteiger partial charge in [-0.15, -0.1) is 0 Å². The van der Waals surface area contributed by atoms with Crippen LogP contribution in [0.15, 0.2) is 18.3 Å². The molecular formula is C7H9ClN2O2S. The molecule has 13 heavy (non-hydrogen) atoms. The average molecular weight is 221 g/mol. The van der Waals surface area contributed by atoms with Gasteiger partial charge in [-0.25, -0.2) is 13.1 Å². The van der Waals surface area contributed by atoms with Crippen LogP contribution >= 0.6 is 11.6 Å². The van der Waals surface area contributed by atoms with Crippen molar-refractivity contribution in [1.29, 1.82) is 0 Å². The molecule has 6 heteroatoms. The van der Waals surface area contributed by atoms with E-state index >= 15 is 0 Å². The van der Waals surface area contributed by atoms with E-state index in [4.69, 9.17) is 11.6 Å². The zero-order valence-electron chi connectivity index (χ0n) is 7.23. The number of hydrogen-bond acceptors (Lipinski definition) is 3. The van der Waals surface area contributed by atoms with Crippen LogP contribution in [0.25, 0.3) is 0 Å². The first-order chi connectivity index (χ1) is 5.94. The van der Waals surface area contributed by atoms with Gasteiger partial charge in [0.15, 0.2) is 17.0 Å². The zero-order valence-corrected chi connectivity index (χ0v) is 8.80. The highest BCUT2D eigenvalue weighted by molar-refractivity contribution is 7.78. The molecule has 1 aromatic rings. The van der Waals surface area contributed by atoms with E-state index < -0.39 is 11.3 Å². The van der Waals surface area contributed by atoms with Crippen molar-refractivity contribution in [2.75, 3.05) is 14.1 Å². The standard InChI is InChI=1S/C7H9ClN2O2S/c1-10(2,13(11)12)6-3-4-7(8)9-5-6/h3-5H,1-2H3. The molecule has 0 aromatic carbocycles. The van der Waals surface area contributed by atoms with Crippen molar-refractivity contribution in [1.82, 2.24) is 8.87 Å². The van der Waals surface area contributed by atoms with E-state index in [2.05, 4.69) is 4.98 Å². The van der Waals surface area contributed by atoms with Crippen LogP contribution in [0.3, 0.4) is 0 Å². The highest BCUT2D eigenvalue weighted by atomic mass is 35.5. The predicted molar refractivity (Wildman–Crippen MR) is 51.8 cm³/mol. The lowest BCUT2D eigenvalue weighted by Gasteiger charge is -2.28. The number of halogens is 1. The van der Waals surface area contributed by atoms with Gasteiger partial charge in [0.2, 0.25) is 0 Å². The first kappa shape index (κ1) is 10.6. The summed E-state index contributed by atoms with van der Waals surface area (Å²) in [6.07, 6.45) is 1.44. The Morgan fingerprint density at radius 3 is 2.54 bits per heavy atom. The van der Waals surface area contributed by atoms with Crippen molar-refractivity contribution in [3.63, 3.8) is 0 Å². The fourth-order valence-electron chi connectivity index (χ4n) is 0.773. The van der Waals surface area contributed by atoms with Crippen LogP contribution < -0.4 is 3.89 Å². The van der Waals surface area contributed by atoms with Crippen LogP contribution in [-0.4, -0.2) is 27.8 Å². The first-order valence-corrected chi connectivity index (χ1v) is 4.91. The Kier molecular flexibility index (Phi) is 3.02. The van der Waals surface area contributed by atoms with Gasteiger partial charge in [0.25, 0.3) is 0 Å². The van der Waals surface area contributed by atoms with Crippen LogP contribution in [0.2, 0.25) is 5.15 Å². The van der Waals surface area contributed by atoms with Crippen molar-refractivity contribution in [2.45, 2.75) is 0 Å². The van der Waals surface area contributed by atoms with Crippen molar-refractivity contribution < 1.29 is 8.76 Å². The Morgan fingerprint density at radius 2 is 2.15 bits per heavy atom. The molecule has 4 nitrogen and oxygen atoms in total. The summed E-state index contributed by atoms with van der Waals surface area (Å²) in [7, 11) is 3.10. The number of quaternary nitrogens is 1. The summed E-state index contributed by atoms with van der Waals surface area (Å²) in [6, 6.07) is 3.19. The van der Waals surface area contributed by atoms with Gasteiger partial charge in [0, 0.05) is 6.07 Å². The molecule has 1 atom stereocenters. The first-order valence-electron chi connectivity index (χ1n) is 3.50. The quantitative estimate of drug-likeness (QED) is 0.426. The molecule has 0 aliphatic carbocycles. The molecule has 72 valence electrons. The summed E-state index contributed by atoms with van der Waals surface area (Å²) in [5, 5.41) is 0.348. The molecule has 0 fully saturated rings. The Balaban J connectivity index is 3.08. The van der Waals surface area contributed by atoms with Gasteiger partial charge in [0.1, 0.15) is 5.15 Å². The van der Waals surface area contributed by atoms with E-state index in [1.165, 1.54) is 6.20 Å². The van der Waals surface area contributed by atoms with E-state index in [1.807, 2.05) is 0 Å². The number of pyridine rings is 1. The normalized spacial score (nSPS) is 14.2. The number of hydrogen-bond donors (Lipinski definition) is 0. The minimum Gasteiger partial charge on any atom is -0.724 e. The molecule has 0 spiro atoms. The lowest BCUT2D eigenvalue weighted by atomic mass is 10.4. The largest absolute Gasteiger partial charge is 0.724 e. The summed E-state index contributed by atoms with van der Waals surface area (Å²) >= 11 is 3.34. The molecule has 0 aliphatic rings. The topological polar surface area (TPSA) is 53.0 Å². The highest BCUT2D eigenvalue weighted by Gasteiger charge is 2.20. The SMILES string of the molecule is C[N+](C)(c1ccc(Cl)nc1)S(=O)[O-]. The Morgan fingerprint density at radius 1 is 1.54 bits per heavy atom. The summed E-state index contributed by atoms with van der Waals surface area (Å²) in [4.78, 5) is 3.80. The third kappa shape index (κ3) is 2.25. The minimum atomic E-state index is -2.23. The van der Waals surface area contributed by atoms with Gasteiger partial charge < -0.3 is 4.55 Å². The minimum absolute atomic E-state index is 0.260. The van der Waals surface area contributed by atoms with E-state index in [0.29, 0.717) is 10.8 Å². The predicted octanol–water partition coefficient (Wildman–Crippen LogP) is 1.10. The Hall–Kier alpha value is -0.490. The maximum atomic E-state index is 10.8. The monoisotopic (exact) mass is 220 g/mol. The van der Waals surface area contributed by atoms with E-state index in [0.717, 1.165) is 0 Å². The van der Waals surface area contributed by atoms with Gasteiger partial charge in [-0.3, -0.25) is 0 Å². The fraction of sp³-hybridized carbons (Fsp3) is 0.286. The molecule has 0 radical (unpaired) electrons. The summed E-state index contributed by atoms with van der Waals surface area (Å²) in [6.45, 7) is 0. The smallest absolute Gasteiger partial charge is 0.163 e. The molecule has 1 rings (SSSR count). The average Bonchev–Trinajstić information content (AvgIpc) is 2.04. The van der Waals surface area contributed by atoms with Crippen molar-refractivity contribution in [3.8, 4) is 0 Å². The van der Waals surface area contributed by atoms with Crippen molar-refractivity contribution in [3.05, 3.63) is 23.5 Å². The third-order valence-corrected chi connectivity index (χ3v) is 2.89. The second-order valence-electron chi connectivity index (χ2n) is 2.91. The second-order valence-corrected chi connectivity index (χ2v) is 4.64. The van der Waals surface area contributed by atoms with Gasteiger partial charge >= 0.3 is 0 Å². The van der Waals surface area contributed by atoms with E-state index in [-0.39, 0.29) is 3.89 Å². The lowest BCUT2D eigenvalue weighted by Crippen LogP contribution is -2.41. The second kappa shape index (κ2) is 3.71. The molecule has 0 N–H and O–H groups in total. The third-order valence-electron chi connectivity index (χ3n) is 1.71. The molecule has 0 saturated heterocycles. The van der Waals surface area contributed by atoms with Crippen LogP contribution in [0.1, 0.15) is 0 Å². The van der Waals surface area contributed by atoms with Crippen LogP contribution in [-0.2, 0) is 11.3 Å². The van der Waals surface area contributed by atoms with Gasteiger partial charge in [-0.1, -0.05) is 11.6 Å². The van der Waals surface area contributed by atoms with Gasteiger partial charge in [0.05, 0.1) is 20.3 Å². The van der Waals surface area contributed by atoms with Crippen molar-refractivity contribution >= 4 is 28.6 Å². The molecular weight excluding hydrogens is 212 g/mol. The number of aromatic nitrogens is 1. The Labute approximate surface area is 84.2 Å². The van der Waals surface area contributed by atoms with Gasteiger partial charge in [-0.05, 0) is 6.07 Å². The summed E-state index contributed by atoms with van der Waals surface area (Å²) in [5.41, 5.74) is 0.567. The Bertz CT molecular complexity index is 326. The summed E-state index contributed by atoms with van der Waals surface area (Å²) in [5.74, 6) is 0. The molecule has 1 heterocycles. The maximum absolute atomic E-state index is 10.8. The molecule has 1 unspecified atom stereocenters. The van der Waals surface area contributed by atoms with Crippen LogP contribution in [0, 0.1) is 0 Å². The molecule has 0 aliphatic heterocycles.